The molecule has 0 aromatic heterocycles. The molecule has 92 valence electrons. The van der Waals surface area contributed by atoms with Gasteiger partial charge in [0.2, 0.25) is 0 Å². The van der Waals surface area contributed by atoms with Gasteiger partial charge < -0.3 is 0 Å². The number of rotatable bonds is 4. The molecule has 0 saturated heterocycles. The topological polar surface area (TPSA) is 34.1 Å². The minimum atomic E-state index is -1.20. The fourth-order valence-electron chi connectivity index (χ4n) is 2.17. The van der Waals surface area contributed by atoms with Crippen LogP contribution in [0.5, 0.6) is 0 Å². The molecule has 0 aliphatic heterocycles. The standard InChI is InChI=1S/C13H15FO2S/c14-11-4-2-5-12(9-11)17(16)8-7-10-3-1-6-13(10)15/h2,4-5,9-10H,1,3,6-8H2. The van der Waals surface area contributed by atoms with Crippen LogP contribution in [0.3, 0.4) is 0 Å². The number of carbonyl (C=O) groups excluding carboxylic acids is 1. The Hall–Kier alpha value is -1.03. The van der Waals surface area contributed by atoms with Crippen LogP contribution >= 0.6 is 0 Å². The number of benzene rings is 1. The van der Waals surface area contributed by atoms with Crippen molar-refractivity contribution >= 4 is 16.6 Å². The summed E-state index contributed by atoms with van der Waals surface area (Å²) < 4.78 is 24.8. The van der Waals surface area contributed by atoms with Crippen LogP contribution in [-0.2, 0) is 15.6 Å². The van der Waals surface area contributed by atoms with E-state index in [4.69, 9.17) is 0 Å². The predicted molar refractivity (Wildman–Crippen MR) is 64.6 cm³/mol. The van der Waals surface area contributed by atoms with Crippen molar-refractivity contribution in [2.45, 2.75) is 30.6 Å². The van der Waals surface area contributed by atoms with Crippen molar-refractivity contribution in [2.24, 2.45) is 5.92 Å². The molecule has 2 unspecified atom stereocenters. The van der Waals surface area contributed by atoms with Gasteiger partial charge in [-0.3, -0.25) is 9.00 Å². The molecular weight excluding hydrogens is 239 g/mol. The molecule has 1 saturated carbocycles. The van der Waals surface area contributed by atoms with Crippen molar-refractivity contribution < 1.29 is 13.4 Å². The minimum absolute atomic E-state index is 0.0764. The molecule has 1 aliphatic carbocycles. The van der Waals surface area contributed by atoms with E-state index in [1.807, 2.05) is 0 Å². The van der Waals surface area contributed by atoms with Crippen molar-refractivity contribution in [3.05, 3.63) is 30.1 Å². The highest BCUT2D eigenvalue weighted by atomic mass is 32.2. The Labute approximate surface area is 103 Å². The average molecular weight is 254 g/mol. The second kappa shape index (κ2) is 5.54. The van der Waals surface area contributed by atoms with Gasteiger partial charge in [-0.15, -0.1) is 0 Å². The summed E-state index contributed by atoms with van der Waals surface area (Å²) in [5.74, 6) is 0.446. The second-order valence-electron chi connectivity index (χ2n) is 4.35. The average Bonchev–Trinajstić information content (AvgIpc) is 2.72. The number of carbonyl (C=O) groups is 1. The van der Waals surface area contributed by atoms with Gasteiger partial charge in [-0.2, -0.15) is 0 Å². The highest BCUT2D eigenvalue weighted by Crippen LogP contribution is 2.25. The van der Waals surface area contributed by atoms with E-state index in [-0.39, 0.29) is 11.7 Å². The molecule has 0 spiro atoms. The molecule has 2 nitrogen and oxygen atoms in total. The quantitative estimate of drug-likeness (QED) is 0.828. The third kappa shape index (κ3) is 3.22. The first-order chi connectivity index (χ1) is 8.16. The third-order valence-electron chi connectivity index (χ3n) is 3.14. The SMILES string of the molecule is O=C1CCCC1CCS(=O)c1cccc(F)c1. The van der Waals surface area contributed by atoms with Crippen molar-refractivity contribution in [2.75, 3.05) is 5.75 Å². The monoisotopic (exact) mass is 254 g/mol. The fourth-order valence-corrected chi connectivity index (χ4v) is 3.38. The molecule has 1 aromatic carbocycles. The number of hydrogen-bond acceptors (Lipinski definition) is 2. The first-order valence-corrected chi connectivity index (χ1v) is 7.15. The first-order valence-electron chi connectivity index (χ1n) is 5.83. The van der Waals surface area contributed by atoms with E-state index in [0.29, 0.717) is 29.3 Å². The van der Waals surface area contributed by atoms with Gasteiger partial charge in [0.15, 0.2) is 0 Å². The predicted octanol–water partition coefficient (Wildman–Crippen LogP) is 2.69. The molecule has 0 bridgehead atoms. The van der Waals surface area contributed by atoms with Crippen molar-refractivity contribution in [3.63, 3.8) is 0 Å². The number of halogens is 1. The Morgan fingerprint density at radius 3 is 2.88 bits per heavy atom. The third-order valence-corrected chi connectivity index (χ3v) is 4.53. The highest BCUT2D eigenvalue weighted by molar-refractivity contribution is 7.85. The highest BCUT2D eigenvalue weighted by Gasteiger charge is 2.24. The Kier molecular flexibility index (Phi) is 4.05. The summed E-state index contributed by atoms with van der Waals surface area (Å²) in [4.78, 5) is 11.9. The lowest BCUT2D eigenvalue weighted by atomic mass is 10.1. The Morgan fingerprint density at radius 1 is 1.41 bits per heavy atom. The van der Waals surface area contributed by atoms with Crippen LogP contribution < -0.4 is 0 Å². The zero-order valence-corrected chi connectivity index (χ0v) is 10.3. The normalized spacial score (nSPS) is 21.7. The Bertz CT molecular complexity index is 445. The van der Waals surface area contributed by atoms with E-state index in [2.05, 4.69) is 0 Å². The van der Waals surface area contributed by atoms with E-state index in [1.54, 1.807) is 12.1 Å². The van der Waals surface area contributed by atoms with E-state index in [9.17, 15) is 13.4 Å². The number of hydrogen-bond donors (Lipinski definition) is 0. The van der Waals surface area contributed by atoms with Crippen LogP contribution in [0.2, 0.25) is 0 Å². The van der Waals surface area contributed by atoms with E-state index < -0.39 is 10.8 Å². The Morgan fingerprint density at radius 2 is 2.24 bits per heavy atom. The largest absolute Gasteiger partial charge is 0.299 e. The minimum Gasteiger partial charge on any atom is -0.299 e. The van der Waals surface area contributed by atoms with Gasteiger partial charge in [0.25, 0.3) is 0 Å². The van der Waals surface area contributed by atoms with Gasteiger partial charge in [0, 0.05) is 23.0 Å². The lowest BCUT2D eigenvalue weighted by Crippen LogP contribution is -2.10. The van der Waals surface area contributed by atoms with E-state index >= 15 is 0 Å². The lowest BCUT2D eigenvalue weighted by Gasteiger charge is -2.07. The van der Waals surface area contributed by atoms with Gasteiger partial charge in [0.05, 0.1) is 10.8 Å². The smallest absolute Gasteiger partial charge is 0.136 e. The summed E-state index contributed by atoms with van der Waals surface area (Å²) in [5.41, 5.74) is 0. The molecule has 2 rings (SSSR count). The van der Waals surface area contributed by atoms with Crippen LogP contribution in [0, 0.1) is 11.7 Å². The van der Waals surface area contributed by atoms with Crippen LogP contribution in [0.25, 0.3) is 0 Å². The molecule has 1 aliphatic rings. The molecule has 0 radical (unpaired) electrons. The molecule has 0 N–H and O–H groups in total. The fraction of sp³-hybridized carbons (Fsp3) is 0.462. The molecular formula is C13H15FO2S. The van der Waals surface area contributed by atoms with Gasteiger partial charge in [-0.25, -0.2) is 4.39 Å². The zero-order valence-electron chi connectivity index (χ0n) is 9.52. The maximum Gasteiger partial charge on any atom is 0.136 e. The molecule has 2 atom stereocenters. The summed E-state index contributed by atoms with van der Waals surface area (Å²) in [7, 11) is -1.20. The van der Waals surface area contributed by atoms with Crippen LogP contribution in [-0.4, -0.2) is 15.7 Å². The summed E-state index contributed by atoms with van der Waals surface area (Å²) in [6.45, 7) is 0. The number of Topliss-reactive ketones (excluding diaryl/α,β-unsaturated/α-hetero) is 1. The van der Waals surface area contributed by atoms with Gasteiger partial charge in [0.1, 0.15) is 11.6 Å². The van der Waals surface area contributed by atoms with Crippen LogP contribution in [0.1, 0.15) is 25.7 Å². The molecule has 0 heterocycles. The Balaban J connectivity index is 1.91. The summed E-state index contributed by atoms with van der Waals surface area (Å²) >= 11 is 0. The first kappa shape index (κ1) is 12.4. The van der Waals surface area contributed by atoms with Gasteiger partial charge in [-0.05, 0) is 37.5 Å². The zero-order chi connectivity index (χ0) is 12.3. The number of ketones is 1. The van der Waals surface area contributed by atoms with Gasteiger partial charge in [-0.1, -0.05) is 6.07 Å². The van der Waals surface area contributed by atoms with Crippen molar-refractivity contribution in [1.29, 1.82) is 0 Å². The molecule has 1 fully saturated rings. The maximum atomic E-state index is 12.9. The van der Waals surface area contributed by atoms with Crippen molar-refractivity contribution in [3.8, 4) is 0 Å². The molecule has 1 aromatic rings. The van der Waals surface area contributed by atoms with Crippen LogP contribution in [0.15, 0.2) is 29.2 Å². The molecule has 17 heavy (non-hydrogen) atoms. The lowest BCUT2D eigenvalue weighted by molar-refractivity contribution is -0.120. The summed E-state index contributed by atoms with van der Waals surface area (Å²) in [6, 6.07) is 5.85. The van der Waals surface area contributed by atoms with Gasteiger partial charge >= 0.3 is 0 Å². The second-order valence-corrected chi connectivity index (χ2v) is 5.92. The maximum absolute atomic E-state index is 12.9. The molecule has 0 amide bonds. The summed E-state index contributed by atoms with van der Waals surface area (Å²) in [5, 5.41) is 0. The van der Waals surface area contributed by atoms with E-state index in [1.165, 1.54) is 12.1 Å². The summed E-state index contributed by atoms with van der Waals surface area (Å²) in [6.07, 6.45) is 3.19. The molecule has 4 heteroatoms. The van der Waals surface area contributed by atoms with Crippen molar-refractivity contribution in [1.82, 2.24) is 0 Å². The van der Waals surface area contributed by atoms with Crippen LogP contribution in [0.4, 0.5) is 4.39 Å². The van der Waals surface area contributed by atoms with E-state index in [0.717, 1.165) is 12.8 Å².